The summed E-state index contributed by atoms with van der Waals surface area (Å²) in [6, 6.07) is 11.6. The van der Waals surface area contributed by atoms with E-state index in [-0.39, 0.29) is 5.78 Å². The molecule has 0 amide bonds. The summed E-state index contributed by atoms with van der Waals surface area (Å²) in [4.78, 5) is 20.4. The van der Waals surface area contributed by atoms with Crippen molar-refractivity contribution >= 4 is 47.3 Å². The zero-order valence-corrected chi connectivity index (χ0v) is 18.8. The van der Waals surface area contributed by atoms with Gasteiger partial charge in [-0.15, -0.1) is 0 Å². The van der Waals surface area contributed by atoms with Gasteiger partial charge in [0.25, 0.3) is 0 Å². The van der Waals surface area contributed by atoms with Crippen molar-refractivity contribution in [1.29, 1.82) is 0 Å². The number of halogens is 2. The minimum atomic E-state index is -0.210. The second kappa shape index (κ2) is 12.2. The van der Waals surface area contributed by atoms with Crippen LogP contribution in [0.5, 0.6) is 5.75 Å². The van der Waals surface area contributed by atoms with Crippen molar-refractivity contribution in [3.63, 3.8) is 0 Å². The topological polar surface area (TPSA) is 62.7 Å². The van der Waals surface area contributed by atoms with Crippen molar-refractivity contribution in [3.8, 4) is 5.75 Å². The molecule has 0 aliphatic heterocycles. The van der Waals surface area contributed by atoms with E-state index in [1.165, 1.54) is 11.9 Å². The number of hydrazine groups is 1. The number of aliphatic imine (C=N–C) groups is 1. The molecule has 0 atom stereocenters. The molecule has 0 radical (unpaired) electrons. The van der Waals surface area contributed by atoms with Crippen molar-refractivity contribution in [2.45, 2.75) is 6.92 Å². The molecule has 0 fully saturated rings. The largest absolute Gasteiger partial charge is 0.457 e. The van der Waals surface area contributed by atoms with E-state index in [1.807, 2.05) is 13.0 Å². The number of nitrogens with one attached hydrogen (secondary N) is 2. The van der Waals surface area contributed by atoms with Gasteiger partial charge in [-0.2, -0.15) is 4.83 Å². The normalized spacial score (nSPS) is 12.1. The molecule has 8 heteroatoms. The van der Waals surface area contributed by atoms with Crippen LogP contribution in [0.25, 0.3) is 0 Å². The molecule has 30 heavy (non-hydrogen) atoms. The number of ketones is 1. The summed E-state index contributed by atoms with van der Waals surface area (Å²) in [6.45, 7) is 5.71. The maximum Gasteiger partial charge on any atom is 0.194 e. The monoisotopic (exact) mass is 461 g/mol. The first-order valence-corrected chi connectivity index (χ1v) is 10.4. The van der Waals surface area contributed by atoms with Gasteiger partial charge in [-0.1, -0.05) is 29.8 Å². The van der Waals surface area contributed by atoms with E-state index in [4.69, 9.17) is 27.9 Å². The summed E-state index contributed by atoms with van der Waals surface area (Å²) in [7, 11) is 1.67. The van der Waals surface area contributed by atoms with E-state index >= 15 is 0 Å². The SMILES string of the molecule is C=C/C(=C\C=C(/C)SNNC=NC)Oc1ccc(C(=O)c2cc(Cl)ccc2Cl)cc1. The molecule has 0 heterocycles. The van der Waals surface area contributed by atoms with Crippen LogP contribution < -0.4 is 15.0 Å². The van der Waals surface area contributed by atoms with E-state index in [0.29, 0.717) is 32.7 Å². The fourth-order valence-corrected chi connectivity index (χ4v) is 3.00. The van der Waals surface area contributed by atoms with Gasteiger partial charge in [0.2, 0.25) is 0 Å². The summed E-state index contributed by atoms with van der Waals surface area (Å²) in [5.41, 5.74) is 3.65. The second-order valence-electron chi connectivity index (χ2n) is 5.87. The number of hydrogen-bond acceptors (Lipinski definition) is 5. The van der Waals surface area contributed by atoms with E-state index in [9.17, 15) is 4.79 Å². The number of rotatable bonds is 10. The lowest BCUT2D eigenvalue weighted by molar-refractivity contribution is 0.103. The minimum Gasteiger partial charge on any atom is -0.457 e. The van der Waals surface area contributed by atoms with Crippen molar-refractivity contribution in [2.24, 2.45) is 4.99 Å². The Balaban J connectivity index is 2.05. The Hall–Kier alpha value is -2.51. The summed E-state index contributed by atoms with van der Waals surface area (Å²) in [5.74, 6) is 0.931. The van der Waals surface area contributed by atoms with Gasteiger partial charge in [-0.05, 0) is 84.5 Å². The molecule has 0 aromatic heterocycles. The van der Waals surface area contributed by atoms with Crippen molar-refractivity contribution in [2.75, 3.05) is 7.05 Å². The van der Waals surface area contributed by atoms with Crippen LogP contribution in [0.15, 0.2) is 82.9 Å². The van der Waals surface area contributed by atoms with E-state index < -0.39 is 0 Å². The molecular formula is C22H21Cl2N3O2S. The minimum absolute atomic E-state index is 0.210. The molecule has 0 aliphatic rings. The predicted molar refractivity (Wildman–Crippen MR) is 127 cm³/mol. The van der Waals surface area contributed by atoms with Gasteiger partial charge < -0.3 is 10.2 Å². The standard InChI is InChI=1S/C22H21Cl2N3O2S/c1-4-18(9-5-15(2)30-27-26-14-25-3)29-19-10-6-16(7-11-19)22(28)20-13-17(23)8-12-21(20)24/h4-14,27H,1H2,2-3H3,(H,25,26)/b15-5+,18-9+. The lowest BCUT2D eigenvalue weighted by Gasteiger charge is -2.08. The Kier molecular flexibility index (Phi) is 9.70. The molecule has 0 saturated carbocycles. The van der Waals surface area contributed by atoms with Crippen LogP contribution in [0.1, 0.15) is 22.8 Å². The van der Waals surface area contributed by atoms with Crippen LogP contribution in [0, 0.1) is 0 Å². The molecule has 2 aromatic carbocycles. The zero-order chi connectivity index (χ0) is 21.9. The lowest BCUT2D eigenvalue weighted by Crippen LogP contribution is -2.23. The average Bonchev–Trinajstić information content (AvgIpc) is 2.75. The number of carbonyl (C=O) groups excluding carboxylic acids is 1. The van der Waals surface area contributed by atoms with Crippen LogP contribution >= 0.6 is 35.1 Å². The molecule has 2 N–H and O–H groups in total. The van der Waals surface area contributed by atoms with Crippen LogP contribution in [-0.2, 0) is 0 Å². The highest BCUT2D eigenvalue weighted by Gasteiger charge is 2.13. The van der Waals surface area contributed by atoms with Gasteiger partial charge in [-0.25, -0.2) is 0 Å². The van der Waals surface area contributed by atoms with E-state index in [0.717, 1.165) is 4.91 Å². The maximum atomic E-state index is 12.7. The number of allylic oxidation sites excluding steroid dienone is 4. The summed E-state index contributed by atoms with van der Waals surface area (Å²) >= 11 is 13.5. The fraction of sp³-hybridized carbons (Fsp3) is 0.0909. The smallest absolute Gasteiger partial charge is 0.194 e. The average molecular weight is 462 g/mol. The van der Waals surface area contributed by atoms with Crippen LogP contribution in [0.3, 0.4) is 0 Å². The molecule has 5 nitrogen and oxygen atoms in total. The Bertz CT molecular complexity index is 986. The van der Waals surface area contributed by atoms with Crippen molar-refractivity contribution in [1.82, 2.24) is 10.3 Å². The Labute approximate surface area is 190 Å². The van der Waals surface area contributed by atoms with Crippen LogP contribution in [0.4, 0.5) is 0 Å². The van der Waals surface area contributed by atoms with Gasteiger partial charge in [0.05, 0.1) is 11.4 Å². The van der Waals surface area contributed by atoms with Crippen molar-refractivity contribution in [3.05, 3.63) is 99.1 Å². The first-order chi connectivity index (χ1) is 14.4. The van der Waals surface area contributed by atoms with Gasteiger partial charge in [-0.3, -0.25) is 9.79 Å². The zero-order valence-electron chi connectivity index (χ0n) is 16.5. The van der Waals surface area contributed by atoms with E-state index in [1.54, 1.807) is 68.0 Å². The maximum absolute atomic E-state index is 12.7. The summed E-state index contributed by atoms with van der Waals surface area (Å²) < 4.78 is 5.81. The number of nitrogens with zero attached hydrogens (tertiary/aromatic N) is 1. The second-order valence-corrected chi connectivity index (χ2v) is 7.76. The third-order valence-corrected chi connectivity index (χ3v) is 4.92. The van der Waals surface area contributed by atoms with Gasteiger partial charge >= 0.3 is 0 Å². The Morgan fingerprint density at radius 1 is 1.17 bits per heavy atom. The molecule has 2 aromatic rings. The summed E-state index contributed by atoms with van der Waals surface area (Å²) in [6.07, 6.45) is 6.84. The molecule has 0 saturated heterocycles. The highest BCUT2D eigenvalue weighted by molar-refractivity contribution is 8.01. The molecule has 0 unspecified atom stereocenters. The van der Waals surface area contributed by atoms with Crippen LogP contribution in [0.2, 0.25) is 10.0 Å². The first kappa shape index (κ1) is 23.8. The fourth-order valence-electron chi connectivity index (χ4n) is 2.22. The molecule has 0 aliphatic carbocycles. The quantitative estimate of drug-likeness (QED) is 0.0665. The van der Waals surface area contributed by atoms with Crippen LogP contribution in [-0.4, -0.2) is 19.2 Å². The molecule has 2 rings (SSSR count). The number of carbonyl (C=O) groups is 1. The number of hydrogen-bond donors (Lipinski definition) is 2. The number of benzene rings is 2. The highest BCUT2D eigenvalue weighted by atomic mass is 35.5. The molecular weight excluding hydrogens is 441 g/mol. The van der Waals surface area contributed by atoms with Gasteiger partial charge in [0.1, 0.15) is 11.5 Å². The lowest BCUT2D eigenvalue weighted by atomic mass is 10.0. The molecule has 0 bridgehead atoms. The van der Waals surface area contributed by atoms with E-state index in [2.05, 4.69) is 21.8 Å². The summed E-state index contributed by atoms with van der Waals surface area (Å²) in [5, 5.41) is 0.808. The number of ether oxygens (including phenoxy) is 1. The molecule has 156 valence electrons. The predicted octanol–water partition coefficient (Wildman–Crippen LogP) is 5.98. The third-order valence-electron chi connectivity index (χ3n) is 3.67. The third kappa shape index (κ3) is 7.39. The Morgan fingerprint density at radius 2 is 1.90 bits per heavy atom. The van der Waals surface area contributed by atoms with Gasteiger partial charge in [0, 0.05) is 23.2 Å². The van der Waals surface area contributed by atoms with Gasteiger partial charge in [0.15, 0.2) is 5.78 Å². The first-order valence-electron chi connectivity index (χ1n) is 8.81. The Morgan fingerprint density at radius 3 is 2.57 bits per heavy atom. The molecule has 0 spiro atoms. The van der Waals surface area contributed by atoms with Crippen molar-refractivity contribution < 1.29 is 9.53 Å². The highest BCUT2D eigenvalue weighted by Crippen LogP contribution is 2.25.